The second kappa shape index (κ2) is 6.55. The number of hydrogen-bond donors (Lipinski definition) is 1. The number of aryl methyl sites for hydroxylation is 2. The molecule has 6 heteroatoms. The van der Waals surface area contributed by atoms with Crippen molar-refractivity contribution in [1.82, 2.24) is 4.98 Å². The number of rotatable bonds is 4. The number of nitrogens with one attached hydrogen (secondary N) is 1. The minimum atomic E-state index is -3.61. The first kappa shape index (κ1) is 17.3. The number of hydrogen-bond acceptors (Lipinski definition) is 4. The third kappa shape index (κ3) is 3.44. The van der Waals surface area contributed by atoms with Crippen LogP contribution in [0.4, 0.5) is 5.69 Å². The smallest absolute Gasteiger partial charge is 0.261 e. The molecule has 0 aliphatic carbocycles. The van der Waals surface area contributed by atoms with Gasteiger partial charge in [0.15, 0.2) is 5.58 Å². The van der Waals surface area contributed by atoms with E-state index in [0.717, 1.165) is 27.8 Å². The summed E-state index contributed by atoms with van der Waals surface area (Å²) in [5.41, 5.74) is 5.11. The van der Waals surface area contributed by atoms with E-state index in [2.05, 4.69) is 9.71 Å². The highest BCUT2D eigenvalue weighted by molar-refractivity contribution is 7.92. The van der Waals surface area contributed by atoms with Crippen molar-refractivity contribution in [1.29, 1.82) is 0 Å². The van der Waals surface area contributed by atoms with Crippen LogP contribution < -0.4 is 4.72 Å². The van der Waals surface area contributed by atoms with Crippen molar-refractivity contribution in [3.63, 3.8) is 0 Å². The molecule has 4 aromatic rings. The molecule has 1 aromatic heterocycles. The van der Waals surface area contributed by atoms with Gasteiger partial charge in [-0.2, -0.15) is 0 Å². The van der Waals surface area contributed by atoms with Crippen molar-refractivity contribution in [2.75, 3.05) is 4.72 Å². The van der Waals surface area contributed by atoms with E-state index < -0.39 is 10.0 Å². The maximum Gasteiger partial charge on any atom is 0.261 e. The van der Waals surface area contributed by atoms with Crippen LogP contribution in [-0.4, -0.2) is 13.4 Å². The lowest BCUT2D eigenvalue weighted by Crippen LogP contribution is -2.12. The topological polar surface area (TPSA) is 72.2 Å². The summed E-state index contributed by atoms with van der Waals surface area (Å²) >= 11 is 0. The third-order valence-corrected chi connectivity index (χ3v) is 5.84. The Morgan fingerprint density at radius 1 is 0.889 bits per heavy atom. The Labute approximate surface area is 157 Å². The van der Waals surface area contributed by atoms with Crippen LogP contribution in [0.5, 0.6) is 0 Å². The van der Waals surface area contributed by atoms with E-state index in [9.17, 15) is 8.42 Å². The molecule has 136 valence electrons. The quantitative estimate of drug-likeness (QED) is 0.547. The Morgan fingerprint density at radius 3 is 2.26 bits per heavy atom. The Kier molecular flexibility index (Phi) is 4.20. The monoisotopic (exact) mass is 378 g/mol. The first-order valence-corrected chi connectivity index (χ1v) is 9.97. The van der Waals surface area contributed by atoms with Crippen LogP contribution in [0.2, 0.25) is 0 Å². The molecule has 3 aromatic carbocycles. The van der Waals surface area contributed by atoms with E-state index in [1.807, 2.05) is 26.0 Å². The number of oxazole rings is 1. The molecule has 0 amide bonds. The summed E-state index contributed by atoms with van der Waals surface area (Å²) in [6.45, 7) is 4.07. The van der Waals surface area contributed by atoms with Crippen molar-refractivity contribution in [2.24, 2.45) is 0 Å². The lowest BCUT2D eigenvalue weighted by molar-refractivity contribution is 0.601. The van der Waals surface area contributed by atoms with E-state index >= 15 is 0 Å². The van der Waals surface area contributed by atoms with Gasteiger partial charge in [-0.3, -0.25) is 4.72 Å². The first-order valence-electron chi connectivity index (χ1n) is 8.48. The minimum Gasteiger partial charge on any atom is -0.436 e. The predicted molar refractivity (Wildman–Crippen MR) is 106 cm³/mol. The average Bonchev–Trinajstić information content (AvgIpc) is 3.06. The molecule has 0 saturated carbocycles. The molecule has 0 aliphatic heterocycles. The molecular weight excluding hydrogens is 360 g/mol. The SMILES string of the molecule is Cc1cc2nc(-c3ccc(NS(=O)(=O)c4ccccc4)cc3)oc2cc1C. The van der Waals surface area contributed by atoms with Gasteiger partial charge in [0.2, 0.25) is 5.89 Å². The number of anilines is 1. The number of aromatic nitrogens is 1. The first-order chi connectivity index (χ1) is 12.9. The highest BCUT2D eigenvalue weighted by Crippen LogP contribution is 2.27. The number of fused-ring (bicyclic) bond motifs is 1. The maximum absolute atomic E-state index is 12.4. The Balaban J connectivity index is 1.61. The Morgan fingerprint density at radius 2 is 1.56 bits per heavy atom. The largest absolute Gasteiger partial charge is 0.436 e. The van der Waals surface area contributed by atoms with Crippen LogP contribution in [0.15, 0.2) is 76.0 Å². The van der Waals surface area contributed by atoms with Gasteiger partial charge < -0.3 is 4.42 Å². The Hall–Kier alpha value is -3.12. The zero-order valence-corrected chi connectivity index (χ0v) is 15.7. The predicted octanol–water partition coefficient (Wildman–Crippen LogP) is 4.91. The average molecular weight is 378 g/mol. The van der Waals surface area contributed by atoms with E-state index in [0.29, 0.717) is 11.6 Å². The molecule has 0 fully saturated rings. The van der Waals surface area contributed by atoms with Crippen LogP contribution in [-0.2, 0) is 10.0 Å². The number of benzene rings is 3. The molecule has 5 nitrogen and oxygen atoms in total. The summed E-state index contributed by atoms with van der Waals surface area (Å²) < 4.78 is 33.2. The van der Waals surface area contributed by atoms with Crippen molar-refractivity contribution in [3.05, 3.63) is 77.9 Å². The Bertz CT molecular complexity index is 1170. The number of nitrogens with zero attached hydrogens (tertiary/aromatic N) is 1. The van der Waals surface area contributed by atoms with Gasteiger partial charge in [-0.15, -0.1) is 0 Å². The van der Waals surface area contributed by atoms with E-state index in [-0.39, 0.29) is 4.90 Å². The van der Waals surface area contributed by atoms with Gasteiger partial charge in [-0.1, -0.05) is 18.2 Å². The standard InChI is InChI=1S/C21H18N2O3S/c1-14-12-19-20(13-15(14)2)26-21(22-19)16-8-10-17(11-9-16)23-27(24,25)18-6-4-3-5-7-18/h3-13,23H,1-2H3. The van der Waals surface area contributed by atoms with Crippen LogP contribution in [0, 0.1) is 13.8 Å². The van der Waals surface area contributed by atoms with Gasteiger partial charge in [0.05, 0.1) is 4.90 Å². The van der Waals surface area contributed by atoms with Crippen LogP contribution >= 0.6 is 0 Å². The molecule has 0 aliphatic rings. The van der Waals surface area contributed by atoms with Crippen molar-refractivity contribution in [3.8, 4) is 11.5 Å². The van der Waals surface area contributed by atoms with E-state index in [4.69, 9.17) is 4.42 Å². The second-order valence-electron chi connectivity index (χ2n) is 6.42. The summed E-state index contributed by atoms with van der Waals surface area (Å²) in [5, 5.41) is 0. The van der Waals surface area contributed by atoms with Gasteiger partial charge in [-0.05, 0) is 73.5 Å². The molecular formula is C21H18N2O3S. The fourth-order valence-corrected chi connectivity index (χ4v) is 3.88. The van der Waals surface area contributed by atoms with Crippen LogP contribution in [0.3, 0.4) is 0 Å². The normalized spacial score (nSPS) is 11.6. The zero-order valence-electron chi connectivity index (χ0n) is 14.9. The molecule has 1 N–H and O–H groups in total. The summed E-state index contributed by atoms with van der Waals surface area (Å²) in [4.78, 5) is 4.75. The third-order valence-electron chi connectivity index (χ3n) is 4.44. The highest BCUT2D eigenvalue weighted by atomic mass is 32.2. The molecule has 0 bridgehead atoms. The van der Waals surface area contributed by atoms with Gasteiger partial charge >= 0.3 is 0 Å². The summed E-state index contributed by atoms with van der Waals surface area (Å²) in [6.07, 6.45) is 0. The molecule has 0 unspecified atom stereocenters. The lowest BCUT2D eigenvalue weighted by Gasteiger charge is -2.08. The van der Waals surface area contributed by atoms with Gasteiger partial charge in [0.1, 0.15) is 5.52 Å². The molecule has 0 radical (unpaired) electrons. The van der Waals surface area contributed by atoms with E-state index in [1.54, 1.807) is 54.6 Å². The minimum absolute atomic E-state index is 0.221. The van der Waals surface area contributed by atoms with Gasteiger partial charge in [0, 0.05) is 11.3 Å². The van der Waals surface area contributed by atoms with Gasteiger partial charge in [0.25, 0.3) is 10.0 Å². The fourth-order valence-electron chi connectivity index (χ4n) is 2.80. The van der Waals surface area contributed by atoms with Crippen molar-refractivity contribution >= 4 is 26.8 Å². The fraction of sp³-hybridized carbons (Fsp3) is 0.0952. The molecule has 4 rings (SSSR count). The zero-order chi connectivity index (χ0) is 19.0. The molecule has 0 atom stereocenters. The molecule has 1 heterocycles. The molecule has 27 heavy (non-hydrogen) atoms. The van der Waals surface area contributed by atoms with Crippen molar-refractivity contribution < 1.29 is 12.8 Å². The van der Waals surface area contributed by atoms with E-state index in [1.165, 1.54) is 0 Å². The van der Waals surface area contributed by atoms with Crippen molar-refractivity contribution in [2.45, 2.75) is 18.7 Å². The van der Waals surface area contributed by atoms with Crippen LogP contribution in [0.1, 0.15) is 11.1 Å². The summed E-state index contributed by atoms with van der Waals surface area (Å²) in [5.74, 6) is 0.507. The summed E-state index contributed by atoms with van der Waals surface area (Å²) in [7, 11) is -3.61. The lowest BCUT2D eigenvalue weighted by atomic mass is 10.1. The maximum atomic E-state index is 12.4. The number of sulfonamides is 1. The molecule has 0 spiro atoms. The second-order valence-corrected chi connectivity index (χ2v) is 8.10. The summed E-state index contributed by atoms with van der Waals surface area (Å²) in [6, 6.07) is 19.2. The van der Waals surface area contributed by atoms with Gasteiger partial charge in [-0.25, -0.2) is 13.4 Å². The molecule has 0 saturated heterocycles. The van der Waals surface area contributed by atoms with Crippen LogP contribution in [0.25, 0.3) is 22.6 Å². The highest BCUT2D eigenvalue weighted by Gasteiger charge is 2.14.